The average Bonchev–Trinajstić information content (AvgIpc) is 2.53. The van der Waals surface area contributed by atoms with Gasteiger partial charge in [0, 0.05) is 11.1 Å². The Morgan fingerprint density at radius 1 is 1.12 bits per heavy atom. The Balaban J connectivity index is 1.98. The maximum absolute atomic E-state index is 11.6. The molecule has 1 aliphatic heterocycles. The van der Waals surface area contributed by atoms with E-state index in [0.717, 1.165) is 31.3 Å². The van der Waals surface area contributed by atoms with E-state index in [4.69, 9.17) is 9.57 Å². The lowest BCUT2D eigenvalue weighted by molar-refractivity contribution is -0.297. The number of benzene rings is 1. The number of piperidine rings is 1. The number of nitrogens with zero attached hydrogens (tertiary/aromatic N) is 1. The van der Waals surface area contributed by atoms with Gasteiger partial charge in [-0.15, -0.1) is 0 Å². The molecule has 1 atom stereocenters. The van der Waals surface area contributed by atoms with E-state index in [-0.39, 0.29) is 11.1 Å². The van der Waals surface area contributed by atoms with Crippen LogP contribution in [0, 0.1) is 0 Å². The van der Waals surface area contributed by atoms with Crippen LogP contribution in [-0.4, -0.2) is 35.6 Å². The number of aldehydes is 1. The van der Waals surface area contributed by atoms with Crippen molar-refractivity contribution in [2.45, 2.75) is 77.0 Å². The summed E-state index contributed by atoms with van der Waals surface area (Å²) in [4.78, 5) is 17.7. The summed E-state index contributed by atoms with van der Waals surface area (Å²) >= 11 is 0. The number of carbonyl (C=O) groups is 1. The Kier molecular flexibility index (Phi) is 6.05. The van der Waals surface area contributed by atoms with Gasteiger partial charge >= 0.3 is 0 Å². The van der Waals surface area contributed by atoms with Crippen molar-refractivity contribution in [3.63, 3.8) is 0 Å². The summed E-state index contributed by atoms with van der Waals surface area (Å²) in [5.41, 5.74) is 1.08. The average molecular weight is 333 g/mol. The summed E-state index contributed by atoms with van der Waals surface area (Å²) in [6, 6.07) is 7.97. The minimum atomic E-state index is -0.413. The van der Waals surface area contributed by atoms with Gasteiger partial charge in [0.15, 0.2) is 6.29 Å². The molecule has 0 radical (unpaired) electrons. The Bertz CT molecular complexity index is 520. The Labute approximate surface area is 146 Å². The van der Waals surface area contributed by atoms with Gasteiger partial charge in [-0.2, -0.15) is 5.06 Å². The minimum Gasteiger partial charge on any atom is -0.497 e. The molecule has 1 aromatic carbocycles. The molecule has 0 saturated carbocycles. The number of hydroxylamine groups is 2. The van der Waals surface area contributed by atoms with E-state index in [9.17, 15) is 4.79 Å². The standard InChI is InChI=1S/C20H31NO3/c1-19(2)13-6-14-20(3,4)21(19)24-18(15-22)12-9-16-7-10-17(23-5)11-8-16/h7-8,10-11,15,18H,6,9,12-14H2,1-5H3/t18-/m0/s1. The van der Waals surface area contributed by atoms with Crippen LogP contribution in [0.2, 0.25) is 0 Å². The molecular formula is C20H31NO3. The zero-order valence-corrected chi connectivity index (χ0v) is 15.7. The van der Waals surface area contributed by atoms with Gasteiger partial charge in [0.05, 0.1) is 7.11 Å². The molecule has 1 heterocycles. The van der Waals surface area contributed by atoms with E-state index < -0.39 is 6.10 Å². The Morgan fingerprint density at radius 3 is 2.21 bits per heavy atom. The molecule has 134 valence electrons. The van der Waals surface area contributed by atoms with Crippen molar-refractivity contribution in [2.24, 2.45) is 0 Å². The maximum Gasteiger partial charge on any atom is 0.150 e. The van der Waals surface area contributed by atoms with Gasteiger partial charge in [-0.1, -0.05) is 12.1 Å². The number of methoxy groups -OCH3 is 1. The van der Waals surface area contributed by atoms with Crippen LogP contribution in [-0.2, 0) is 16.1 Å². The first-order valence-corrected chi connectivity index (χ1v) is 8.84. The lowest BCUT2D eigenvalue weighted by atomic mass is 9.82. The van der Waals surface area contributed by atoms with Crippen LogP contribution in [0.3, 0.4) is 0 Å². The van der Waals surface area contributed by atoms with Crippen LogP contribution < -0.4 is 4.74 Å². The van der Waals surface area contributed by atoms with Crippen molar-refractivity contribution in [1.29, 1.82) is 0 Å². The van der Waals surface area contributed by atoms with Gasteiger partial charge in [0.1, 0.15) is 11.9 Å². The number of aryl methyl sites for hydroxylation is 1. The van der Waals surface area contributed by atoms with Crippen molar-refractivity contribution < 1.29 is 14.4 Å². The van der Waals surface area contributed by atoms with Gasteiger partial charge in [0.25, 0.3) is 0 Å². The molecule has 1 aliphatic rings. The van der Waals surface area contributed by atoms with Crippen molar-refractivity contribution in [1.82, 2.24) is 5.06 Å². The largest absolute Gasteiger partial charge is 0.497 e. The van der Waals surface area contributed by atoms with Gasteiger partial charge in [-0.05, 0) is 77.5 Å². The second-order valence-corrected chi connectivity index (χ2v) is 7.94. The molecule has 1 aromatic rings. The molecule has 4 heteroatoms. The molecule has 0 unspecified atom stereocenters. The van der Waals surface area contributed by atoms with Crippen LogP contribution in [0.5, 0.6) is 5.75 Å². The van der Waals surface area contributed by atoms with Crippen LogP contribution in [0.15, 0.2) is 24.3 Å². The third kappa shape index (κ3) is 4.58. The molecular weight excluding hydrogens is 302 g/mol. The van der Waals surface area contributed by atoms with E-state index >= 15 is 0 Å². The summed E-state index contributed by atoms with van der Waals surface area (Å²) in [7, 11) is 1.66. The zero-order chi connectivity index (χ0) is 17.8. The van der Waals surface area contributed by atoms with Gasteiger partial charge < -0.3 is 9.53 Å². The molecule has 0 N–H and O–H groups in total. The number of ether oxygens (including phenoxy) is 1. The monoisotopic (exact) mass is 333 g/mol. The predicted octanol–water partition coefficient (Wildman–Crippen LogP) is 4.17. The highest BCUT2D eigenvalue weighted by atomic mass is 16.7. The van der Waals surface area contributed by atoms with Crippen LogP contribution in [0.1, 0.15) is 58.9 Å². The first kappa shape index (κ1) is 18.9. The highest BCUT2D eigenvalue weighted by molar-refractivity contribution is 5.56. The Hall–Kier alpha value is -1.39. The van der Waals surface area contributed by atoms with Gasteiger partial charge in [0.2, 0.25) is 0 Å². The molecule has 0 bridgehead atoms. The fraction of sp³-hybridized carbons (Fsp3) is 0.650. The molecule has 0 aromatic heterocycles. The fourth-order valence-corrected chi connectivity index (χ4v) is 3.64. The van der Waals surface area contributed by atoms with Crippen molar-refractivity contribution >= 4 is 6.29 Å². The quantitative estimate of drug-likeness (QED) is 0.702. The second kappa shape index (κ2) is 7.66. The van der Waals surface area contributed by atoms with E-state index in [1.54, 1.807) is 7.11 Å². The summed E-state index contributed by atoms with van der Waals surface area (Å²) in [5, 5.41) is 2.07. The first-order valence-electron chi connectivity index (χ1n) is 8.84. The fourth-order valence-electron chi connectivity index (χ4n) is 3.64. The second-order valence-electron chi connectivity index (χ2n) is 7.94. The summed E-state index contributed by atoms with van der Waals surface area (Å²) in [6.45, 7) is 8.77. The normalized spacial score (nSPS) is 21.2. The SMILES string of the molecule is COc1ccc(CC[C@@H](C=O)ON2C(C)(C)CCCC2(C)C)cc1. The topological polar surface area (TPSA) is 38.8 Å². The van der Waals surface area contributed by atoms with Crippen LogP contribution >= 0.6 is 0 Å². The van der Waals surface area contributed by atoms with E-state index in [1.807, 2.05) is 24.3 Å². The summed E-state index contributed by atoms with van der Waals surface area (Å²) in [5.74, 6) is 0.846. The lowest BCUT2D eigenvalue weighted by Crippen LogP contribution is -2.59. The van der Waals surface area contributed by atoms with Crippen LogP contribution in [0.4, 0.5) is 0 Å². The lowest BCUT2D eigenvalue weighted by Gasteiger charge is -2.52. The number of hydrogen-bond donors (Lipinski definition) is 0. The van der Waals surface area contributed by atoms with E-state index in [2.05, 4.69) is 32.8 Å². The number of carbonyl (C=O) groups excluding carboxylic acids is 1. The summed E-state index contributed by atoms with van der Waals surface area (Å²) in [6.07, 6.45) is 5.37. The molecule has 0 spiro atoms. The molecule has 24 heavy (non-hydrogen) atoms. The third-order valence-electron chi connectivity index (χ3n) is 4.95. The highest BCUT2D eigenvalue weighted by Crippen LogP contribution is 2.38. The van der Waals surface area contributed by atoms with E-state index in [0.29, 0.717) is 6.42 Å². The number of rotatable bonds is 7. The van der Waals surface area contributed by atoms with Crippen LogP contribution in [0.25, 0.3) is 0 Å². The Morgan fingerprint density at radius 2 is 1.71 bits per heavy atom. The predicted molar refractivity (Wildman–Crippen MR) is 96.1 cm³/mol. The smallest absolute Gasteiger partial charge is 0.150 e. The highest BCUT2D eigenvalue weighted by Gasteiger charge is 2.43. The number of hydrogen-bond acceptors (Lipinski definition) is 4. The van der Waals surface area contributed by atoms with E-state index in [1.165, 1.54) is 12.0 Å². The maximum atomic E-state index is 11.6. The van der Waals surface area contributed by atoms with Gasteiger partial charge in [-0.3, -0.25) is 4.84 Å². The zero-order valence-electron chi connectivity index (χ0n) is 15.7. The van der Waals surface area contributed by atoms with Crippen molar-refractivity contribution in [3.05, 3.63) is 29.8 Å². The van der Waals surface area contributed by atoms with Crippen molar-refractivity contribution in [3.8, 4) is 5.75 Å². The minimum absolute atomic E-state index is 0.0525. The molecule has 0 aliphatic carbocycles. The van der Waals surface area contributed by atoms with Crippen molar-refractivity contribution in [2.75, 3.05) is 7.11 Å². The van der Waals surface area contributed by atoms with Gasteiger partial charge in [-0.25, -0.2) is 0 Å². The third-order valence-corrected chi connectivity index (χ3v) is 4.95. The summed E-state index contributed by atoms with van der Waals surface area (Å²) < 4.78 is 5.17. The molecule has 2 rings (SSSR count). The molecule has 4 nitrogen and oxygen atoms in total. The molecule has 1 saturated heterocycles. The first-order chi connectivity index (χ1) is 11.3. The molecule has 0 amide bonds. The molecule has 1 fully saturated rings.